The van der Waals surface area contributed by atoms with Crippen LogP contribution in [0.5, 0.6) is 0 Å². The van der Waals surface area contributed by atoms with Gasteiger partial charge in [-0.1, -0.05) is 12.1 Å². The zero-order chi connectivity index (χ0) is 18.8. The molecule has 136 valence electrons. The first-order chi connectivity index (χ1) is 12.4. The molecule has 1 N–H and O–H groups in total. The number of ether oxygens (including phenoxy) is 2. The van der Waals surface area contributed by atoms with Crippen LogP contribution in [0.4, 0.5) is 0 Å². The van der Waals surface area contributed by atoms with E-state index >= 15 is 0 Å². The number of carbonyl (C=O) groups excluding carboxylic acids is 3. The number of aromatic amines is 1. The van der Waals surface area contributed by atoms with Crippen molar-refractivity contribution in [2.45, 2.75) is 33.1 Å². The van der Waals surface area contributed by atoms with E-state index in [1.165, 1.54) is 18.2 Å². The van der Waals surface area contributed by atoms with E-state index in [1.54, 1.807) is 19.9 Å². The minimum Gasteiger partial charge on any atom is -0.465 e. The molecule has 1 aliphatic carbocycles. The van der Waals surface area contributed by atoms with Gasteiger partial charge in [0.05, 0.1) is 12.7 Å². The number of rotatable bonds is 5. The average molecular weight is 355 g/mol. The van der Waals surface area contributed by atoms with Gasteiger partial charge in [0.1, 0.15) is 5.69 Å². The molecule has 3 rings (SSSR count). The van der Waals surface area contributed by atoms with E-state index in [0.29, 0.717) is 22.4 Å². The van der Waals surface area contributed by atoms with E-state index in [-0.39, 0.29) is 18.1 Å². The highest BCUT2D eigenvalue weighted by atomic mass is 16.5. The lowest BCUT2D eigenvalue weighted by Crippen LogP contribution is -2.15. The Kier molecular flexibility index (Phi) is 4.93. The van der Waals surface area contributed by atoms with Gasteiger partial charge < -0.3 is 14.5 Å². The van der Waals surface area contributed by atoms with Crippen LogP contribution in [0, 0.1) is 13.8 Å². The Morgan fingerprint density at radius 3 is 2.54 bits per heavy atom. The van der Waals surface area contributed by atoms with Crippen molar-refractivity contribution < 1.29 is 23.9 Å². The molecule has 2 aromatic rings. The summed E-state index contributed by atoms with van der Waals surface area (Å²) in [5.74, 6) is -1.44. The van der Waals surface area contributed by atoms with Gasteiger partial charge in [-0.15, -0.1) is 0 Å². The molecule has 0 amide bonds. The first-order valence-corrected chi connectivity index (χ1v) is 8.52. The molecule has 0 bridgehead atoms. The molecule has 0 atom stereocenters. The molecule has 6 heteroatoms. The highest BCUT2D eigenvalue weighted by Crippen LogP contribution is 2.23. The number of hydrogen-bond acceptors (Lipinski definition) is 5. The largest absolute Gasteiger partial charge is 0.465 e. The monoisotopic (exact) mass is 355 g/mol. The van der Waals surface area contributed by atoms with Gasteiger partial charge in [0.15, 0.2) is 12.4 Å². The summed E-state index contributed by atoms with van der Waals surface area (Å²) in [6, 6.07) is 5.64. The summed E-state index contributed by atoms with van der Waals surface area (Å²) in [6.07, 6.45) is 3.14. The van der Waals surface area contributed by atoms with Crippen molar-refractivity contribution in [3.63, 3.8) is 0 Å². The van der Waals surface area contributed by atoms with Crippen molar-refractivity contribution in [3.8, 4) is 0 Å². The molecule has 0 fully saturated rings. The van der Waals surface area contributed by atoms with Crippen molar-refractivity contribution in [2.75, 3.05) is 13.7 Å². The van der Waals surface area contributed by atoms with Crippen LogP contribution in [0.3, 0.4) is 0 Å². The number of nitrogens with one attached hydrogen (secondary N) is 1. The van der Waals surface area contributed by atoms with Crippen LogP contribution in [-0.4, -0.2) is 36.4 Å². The standard InChI is InChI=1S/C20H21NO5/c1-11-17(19(23)25-3)12(2)21-18(11)20(24)26-10-16(22)15-8-7-13-5-4-6-14(13)9-15/h7-9,21H,4-6,10H2,1-3H3. The van der Waals surface area contributed by atoms with Crippen LogP contribution in [0.25, 0.3) is 0 Å². The van der Waals surface area contributed by atoms with Gasteiger partial charge in [0.2, 0.25) is 0 Å². The van der Waals surface area contributed by atoms with E-state index in [4.69, 9.17) is 9.47 Å². The van der Waals surface area contributed by atoms with E-state index < -0.39 is 11.9 Å². The molecular formula is C20H21NO5. The van der Waals surface area contributed by atoms with Gasteiger partial charge in [-0.3, -0.25) is 4.79 Å². The van der Waals surface area contributed by atoms with E-state index in [2.05, 4.69) is 4.98 Å². The van der Waals surface area contributed by atoms with Crippen molar-refractivity contribution in [3.05, 3.63) is 57.4 Å². The predicted molar refractivity (Wildman–Crippen MR) is 94.7 cm³/mol. The Morgan fingerprint density at radius 1 is 1.08 bits per heavy atom. The number of esters is 2. The van der Waals surface area contributed by atoms with Crippen molar-refractivity contribution in [1.29, 1.82) is 0 Å². The number of hydrogen-bond donors (Lipinski definition) is 1. The van der Waals surface area contributed by atoms with E-state index in [0.717, 1.165) is 19.3 Å². The third-order valence-electron chi connectivity index (χ3n) is 4.79. The van der Waals surface area contributed by atoms with E-state index in [9.17, 15) is 14.4 Å². The Labute approximate surface area is 151 Å². The second-order valence-corrected chi connectivity index (χ2v) is 6.45. The summed E-state index contributed by atoms with van der Waals surface area (Å²) in [7, 11) is 1.28. The molecule has 6 nitrogen and oxygen atoms in total. The van der Waals surface area contributed by atoms with E-state index in [1.807, 2.05) is 12.1 Å². The van der Waals surface area contributed by atoms with Gasteiger partial charge in [-0.25, -0.2) is 9.59 Å². The number of aryl methyl sites for hydroxylation is 3. The van der Waals surface area contributed by atoms with Crippen LogP contribution in [-0.2, 0) is 22.3 Å². The number of fused-ring (bicyclic) bond motifs is 1. The molecular weight excluding hydrogens is 334 g/mol. The third kappa shape index (κ3) is 3.27. The van der Waals surface area contributed by atoms with Gasteiger partial charge in [0.25, 0.3) is 0 Å². The van der Waals surface area contributed by atoms with Gasteiger partial charge in [-0.05, 0) is 55.9 Å². The molecule has 1 heterocycles. The number of methoxy groups -OCH3 is 1. The van der Waals surface area contributed by atoms with Crippen LogP contribution >= 0.6 is 0 Å². The molecule has 0 aliphatic heterocycles. The van der Waals surface area contributed by atoms with Crippen LogP contribution in [0.2, 0.25) is 0 Å². The number of Topliss-reactive ketones (excluding diaryl/α,β-unsaturated/α-hetero) is 1. The number of benzene rings is 1. The van der Waals surface area contributed by atoms with Crippen LogP contribution < -0.4 is 0 Å². The lowest BCUT2D eigenvalue weighted by Gasteiger charge is -2.06. The van der Waals surface area contributed by atoms with Gasteiger partial charge >= 0.3 is 11.9 Å². The summed E-state index contributed by atoms with van der Waals surface area (Å²) in [5, 5.41) is 0. The SMILES string of the molecule is COC(=O)c1c(C)[nH]c(C(=O)OCC(=O)c2ccc3c(c2)CCC3)c1C. The molecule has 0 saturated carbocycles. The Hall–Kier alpha value is -2.89. The lowest BCUT2D eigenvalue weighted by molar-refractivity contribution is 0.0468. The summed E-state index contributed by atoms with van der Waals surface area (Å²) >= 11 is 0. The first-order valence-electron chi connectivity index (χ1n) is 8.52. The highest BCUT2D eigenvalue weighted by molar-refractivity contribution is 6.01. The van der Waals surface area contributed by atoms with Crippen molar-refractivity contribution >= 4 is 17.7 Å². The Balaban J connectivity index is 1.69. The Bertz CT molecular complexity index is 894. The van der Waals surface area contributed by atoms with Crippen molar-refractivity contribution in [2.24, 2.45) is 0 Å². The third-order valence-corrected chi connectivity index (χ3v) is 4.79. The summed E-state index contributed by atoms with van der Waals surface area (Å²) < 4.78 is 9.87. The molecule has 0 unspecified atom stereocenters. The maximum Gasteiger partial charge on any atom is 0.355 e. The fourth-order valence-corrected chi connectivity index (χ4v) is 3.39. The molecule has 1 aromatic carbocycles. The molecule has 1 aromatic heterocycles. The van der Waals surface area contributed by atoms with Crippen LogP contribution in [0.1, 0.15) is 60.0 Å². The lowest BCUT2D eigenvalue weighted by atomic mass is 10.0. The van der Waals surface area contributed by atoms with Gasteiger partial charge in [0, 0.05) is 11.3 Å². The minimum absolute atomic E-state index is 0.157. The molecule has 1 aliphatic rings. The quantitative estimate of drug-likeness (QED) is 0.658. The minimum atomic E-state index is -0.671. The number of ketones is 1. The predicted octanol–water partition coefficient (Wildman–Crippen LogP) is 2.95. The maximum atomic E-state index is 12.3. The number of aromatic nitrogens is 1. The zero-order valence-corrected chi connectivity index (χ0v) is 15.1. The second-order valence-electron chi connectivity index (χ2n) is 6.45. The fourth-order valence-electron chi connectivity index (χ4n) is 3.39. The maximum absolute atomic E-state index is 12.3. The summed E-state index contributed by atoms with van der Waals surface area (Å²) in [6.45, 7) is 2.96. The molecule has 0 saturated heterocycles. The molecule has 0 radical (unpaired) electrons. The zero-order valence-electron chi connectivity index (χ0n) is 15.1. The highest BCUT2D eigenvalue weighted by Gasteiger charge is 2.24. The second kappa shape index (κ2) is 7.15. The topological polar surface area (TPSA) is 85.5 Å². The first kappa shape index (κ1) is 17.9. The number of carbonyl (C=O) groups is 3. The Morgan fingerprint density at radius 2 is 1.81 bits per heavy atom. The van der Waals surface area contributed by atoms with Crippen molar-refractivity contribution in [1.82, 2.24) is 4.98 Å². The summed E-state index contributed by atoms with van der Waals surface area (Å²) in [5.41, 5.74) is 4.46. The van der Waals surface area contributed by atoms with Crippen LogP contribution in [0.15, 0.2) is 18.2 Å². The normalized spacial score (nSPS) is 12.6. The smallest absolute Gasteiger partial charge is 0.355 e. The average Bonchev–Trinajstić information content (AvgIpc) is 3.22. The van der Waals surface area contributed by atoms with Gasteiger partial charge in [-0.2, -0.15) is 0 Å². The summed E-state index contributed by atoms with van der Waals surface area (Å²) in [4.78, 5) is 39.3. The molecule has 26 heavy (non-hydrogen) atoms. The molecule has 0 spiro atoms. The number of H-pyrrole nitrogens is 1. The fraction of sp³-hybridized carbons (Fsp3) is 0.350.